The van der Waals surface area contributed by atoms with Gasteiger partial charge in [0.15, 0.2) is 6.61 Å². The number of fused-ring (bicyclic) bond motifs is 1. The number of halogens is 1. The van der Waals surface area contributed by atoms with Gasteiger partial charge in [-0.25, -0.2) is 4.79 Å². The summed E-state index contributed by atoms with van der Waals surface area (Å²) in [4.78, 5) is 35.5. The van der Waals surface area contributed by atoms with Crippen LogP contribution in [0.1, 0.15) is 22.8 Å². The summed E-state index contributed by atoms with van der Waals surface area (Å²) in [7, 11) is 1.73. The maximum Gasteiger partial charge on any atom is 0.344 e. The molecule has 0 radical (unpaired) electrons. The highest BCUT2D eigenvalue weighted by atomic mass is 35.5. The minimum absolute atomic E-state index is 0. The minimum atomic E-state index is -0.388. The summed E-state index contributed by atoms with van der Waals surface area (Å²) in [6, 6.07) is 12.9. The quantitative estimate of drug-likeness (QED) is 0.225. The number of carbonyl (C=O) groups is 2. The minimum Gasteiger partial charge on any atom is -1.00 e. The molecule has 31 heavy (non-hydrogen) atoms. The highest BCUT2D eigenvalue weighted by molar-refractivity contribution is 7.16. The van der Waals surface area contributed by atoms with Crippen molar-refractivity contribution in [3.8, 4) is 5.75 Å². The molecule has 166 valence electrons. The van der Waals surface area contributed by atoms with Crippen LogP contribution in [0.3, 0.4) is 0 Å². The lowest BCUT2D eigenvalue weighted by molar-refractivity contribution is -0.642. The van der Waals surface area contributed by atoms with Crippen LogP contribution >= 0.6 is 11.3 Å². The summed E-state index contributed by atoms with van der Waals surface area (Å²) in [6.45, 7) is 3.12. The van der Waals surface area contributed by atoms with E-state index in [4.69, 9.17) is 9.47 Å². The van der Waals surface area contributed by atoms with E-state index >= 15 is 0 Å². The second-order valence-corrected chi connectivity index (χ2v) is 7.79. The number of rotatable bonds is 10. The van der Waals surface area contributed by atoms with Crippen molar-refractivity contribution in [1.29, 1.82) is 0 Å². The number of hydrogen-bond donors (Lipinski definition) is 1. The van der Waals surface area contributed by atoms with Crippen molar-refractivity contribution in [1.82, 2.24) is 4.57 Å². The van der Waals surface area contributed by atoms with Crippen LogP contribution in [0.25, 0.3) is 10.2 Å². The zero-order valence-corrected chi connectivity index (χ0v) is 19.0. The van der Waals surface area contributed by atoms with Crippen molar-refractivity contribution in [3.63, 3.8) is 0 Å². The number of ether oxygens (including phenoxy) is 2. The molecule has 0 saturated heterocycles. The van der Waals surface area contributed by atoms with Crippen LogP contribution < -0.4 is 27.3 Å². The van der Waals surface area contributed by atoms with E-state index < -0.39 is 0 Å². The Morgan fingerprint density at radius 2 is 1.87 bits per heavy atom. The highest BCUT2D eigenvalue weighted by Crippen LogP contribution is 2.18. The molecule has 0 spiro atoms. The van der Waals surface area contributed by atoms with Gasteiger partial charge in [0, 0.05) is 19.0 Å². The number of aryl methyl sites for hydroxylation is 1. The predicted molar refractivity (Wildman–Crippen MR) is 115 cm³/mol. The van der Waals surface area contributed by atoms with Gasteiger partial charge < -0.3 is 31.8 Å². The number of aromatic nitrogens is 1. The van der Waals surface area contributed by atoms with E-state index in [0.717, 1.165) is 40.1 Å². The molecular formula is C22H25ClN2O5S. The molecule has 3 aromatic rings. The van der Waals surface area contributed by atoms with Crippen molar-refractivity contribution >= 4 is 33.3 Å². The Balaban J connectivity index is 0.00000341. The molecule has 0 aliphatic rings. The first kappa shape index (κ1) is 24.6. The van der Waals surface area contributed by atoms with Gasteiger partial charge >= 0.3 is 10.8 Å². The maximum atomic E-state index is 12.4. The second-order valence-electron chi connectivity index (χ2n) is 6.80. The molecule has 0 unspecified atom stereocenters. The summed E-state index contributed by atoms with van der Waals surface area (Å²) < 4.78 is 12.6. The molecule has 7 nitrogen and oxygen atoms in total. The van der Waals surface area contributed by atoms with Gasteiger partial charge in [-0.2, -0.15) is 0 Å². The fourth-order valence-corrected chi connectivity index (χ4v) is 3.94. The number of nitrogens with two attached hydrogens (primary N) is 1. The Bertz CT molecular complexity index is 1090. The highest BCUT2D eigenvalue weighted by Gasteiger charge is 2.11. The van der Waals surface area contributed by atoms with E-state index in [1.54, 1.807) is 30.7 Å². The van der Waals surface area contributed by atoms with E-state index in [9.17, 15) is 14.4 Å². The van der Waals surface area contributed by atoms with Gasteiger partial charge in [-0.1, -0.05) is 23.5 Å². The fraction of sp³-hybridized carbons (Fsp3) is 0.318. The van der Waals surface area contributed by atoms with Crippen LogP contribution in [0.4, 0.5) is 0 Å². The van der Waals surface area contributed by atoms with Gasteiger partial charge in [0.1, 0.15) is 12.3 Å². The first-order valence-electron chi connectivity index (χ1n) is 9.79. The SMILES string of the molecule is CCOC(=O)COc1ccc(CC[NH2+]CC(=O)c2ccc3c(c2)sc(=O)n3C)cc1.[Cl-]. The van der Waals surface area contributed by atoms with Crippen LogP contribution in [-0.2, 0) is 23.0 Å². The molecule has 0 atom stereocenters. The number of carbonyl (C=O) groups excluding carboxylic acids is 2. The number of benzene rings is 2. The van der Waals surface area contributed by atoms with Gasteiger partial charge in [0.25, 0.3) is 0 Å². The van der Waals surface area contributed by atoms with Gasteiger partial charge in [-0.05, 0) is 42.8 Å². The number of esters is 1. The number of hydrogen-bond acceptors (Lipinski definition) is 6. The predicted octanol–water partition coefficient (Wildman–Crippen LogP) is -1.47. The average Bonchev–Trinajstić information content (AvgIpc) is 3.03. The third-order valence-electron chi connectivity index (χ3n) is 4.67. The Morgan fingerprint density at radius 3 is 2.58 bits per heavy atom. The van der Waals surface area contributed by atoms with E-state index in [1.165, 1.54) is 0 Å². The summed E-state index contributed by atoms with van der Waals surface area (Å²) in [5.41, 5.74) is 2.60. The van der Waals surface area contributed by atoms with Crippen LogP contribution in [0.2, 0.25) is 0 Å². The molecular weight excluding hydrogens is 440 g/mol. The average molecular weight is 465 g/mol. The number of quaternary nitrogens is 1. The normalized spacial score (nSPS) is 10.5. The molecule has 0 amide bonds. The van der Waals surface area contributed by atoms with Crippen molar-refractivity contribution < 1.29 is 36.8 Å². The van der Waals surface area contributed by atoms with Gasteiger partial charge in [-0.3, -0.25) is 9.59 Å². The molecule has 0 fully saturated rings. The molecule has 0 saturated carbocycles. The smallest absolute Gasteiger partial charge is 0.344 e. The number of Topliss-reactive ketones (excluding diaryl/α,β-unsaturated/α-hetero) is 1. The monoisotopic (exact) mass is 464 g/mol. The Hall–Kier alpha value is -2.68. The van der Waals surface area contributed by atoms with E-state index in [1.807, 2.05) is 35.6 Å². The van der Waals surface area contributed by atoms with Crippen molar-refractivity contribution in [2.45, 2.75) is 13.3 Å². The third kappa shape index (κ3) is 6.65. The second kappa shape index (κ2) is 11.6. The summed E-state index contributed by atoms with van der Waals surface area (Å²) in [6.07, 6.45) is 0.810. The van der Waals surface area contributed by atoms with Crippen molar-refractivity contribution in [2.24, 2.45) is 7.05 Å². The fourth-order valence-electron chi connectivity index (χ4n) is 3.02. The topological polar surface area (TPSA) is 91.2 Å². The van der Waals surface area contributed by atoms with Gasteiger partial charge in [-0.15, -0.1) is 0 Å². The lowest BCUT2D eigenvalue weighted by atomic mass is 10.1. The van der Waals surface area contributed by atoms with Gasteiger partial charge in [0.2, 0.25) is 5.78 Å². The first-order valence-corrected chi connectivity index (χ1v) is 10.6. The van der Waals surface area contributed by atoms with Crippen LogP contribution in [0.15, 0.2) is 47.3 Å². The summed E-state index contributed by atoms with van der Waals surface area (Å²) >= 11 is 1.15. The van der Waals surface area contributed by atoms with Crippen LogP contribution in [-0.4, -0.2) is 42.6 Å². The van der Waals surface area contributed by atoms with E-state index in [2.05, 4.69) is 0 Å². The van der Waals surface area contributed by atoms with Crippen molar-refractivity contribution in [2.75, 3.05) is 26.3 Å². The summed E-state index contributed by atoms with van der Waals surface area (Å²) in [5.74, 6) is 0.272. The molecule has 1 heterocycles. The largest absolute Gasteiger partial charge is 1.00 e. The number of thiazole rings is 1. The zero-order chi connectivity index (χ0) is 21.5. The number of ketones is 1. The molecule has 3 rings (SSSR count). The molecule has 2 aromatic carbocycles. The lowest BCUT2D eigenvalue weighted by Gasteiger charge is -2.07. The third-order valence-corrected chi connectivity index (χ3v) is 5.66. The first-order chi connectivity index (χ1) is 14.5. The lowest BCUT2D eigenvalue weighted by Crippen LogP contribution is -3.00. The van der Waals surface area contributed by atoms with Crippen LogP contribution in [0.5, 0.6) is 5.75 Å². The molecule has 1 aromatic heterocycles. The molecule has 9 heteroatoms. The van der Waals surface area contributed by atoms with Crippen LogP contribution in [0, 0.1) is 0 Å². The zero-order valence-electron chi connectivity index (χ0n) is 17.4. The Kier molecular flexibility index (Phi) is 9.23. The molecule has 0 aliphatic carbocycles. The maximum absolute atomic E-state index is 12.4. The molecule has 0 bridgehead atoms. The Labute approximate surface area is 190 Å². The molecule has 2 N–H and O–H groups in total. The van der Waals surface area contributed by atoms with Gasteiger partial charge in [0.05, 0.1) is 23.4 Å². The van der Waals surface area contributed by atoms with Crippen molar-refractivity contribution in [3.05, 3.63) is 63.3 Å². The summed E-state index contributed by atoms with van der Waals surface area (Å²) in [5, 5.41) is 1.98. The standard InChI is InChI=1S/C22H24N2O5S.ClH/c1-3-28-21(26)14-29-17-7-4-15(5-8-17)10-11-23-13-19(25)16-6-9-18-20(12-16)30-22(27)24(18)2;/h4-9,12,23H,3,10-11,13-14H2,1-2H3;1H. The van der Waals surface area contributed by atoms with E-state index in [-0.39, 0.29) is 35.6 Å². The number of nitrogens with zero attached hydrogens (tertiary/aromatic N) is 1. The molecule has 0 aliphatic heterocycles. The Morgan fingerprint density at radius 1 is 1.13 bits per heavy atom. The van der Waals surface area contributed by atoms with E-state index in [0.29, 0.717) is 24.5 Å².